The zero-order valence-electron chi connectivity index (χ0n) is 21.6. The number of thioether (sulfide) groups is 1. The van der Waals surface area contributed by atoms with E-state index in [1.807, 2.05) is 89.2 Å². The number of benzene rings is 2. The number of hydrogen-bond donors (Lipinski definition) is 0. The third kappa shape index (κ3) is 9.60. The van der Waals surface area contributed by atoms with Gasteiger partial charge in [-0.15, -0.1) is 0 Å². The Morgan fingerprint density at radius 2 is 1.64 bits per heavy atom. The minimum atomic E-state index is -4.27. The van der Waals surface area contributed by atoms with Gasteiger partial charge in [-0.1, -0.05) is 65.1 Å². The summed E-state index contributed by atoms with van der Waals surface area (Å²) in [7, 11) is -8.53. The van der Waals surface area contributed by atoms with Crippen LogP contribution in [0.1, 0.15) is 24.8 Å². The van der Waals surface area contributed by atoms with Gasteiger partial charge < -0.3 is 14.0 Å². The number of nitrogens with zero attached hydrogens (tertiary/aromatic N) is 2. The van der Waals surface area contributed by atoms with E-state index in [0.717, 1.165) is 36.4 Å². The van der Waals surface area contributed by atoms with Crippen LogP contribution in [0.25, 0.3) is 16.3 Å². The first-order valence-electron chi connectivity index (χ1n) is 11.9. The Balaban J connectivity index is 0.00000420. The summed E-state index contributed by atoms with van der Waals surface area (Å²) in [5.74, 6) is -0.811. The summed E-state index contributed by atoms with van der Waals surface area (Å²) in [6, 6.07) is 15.7. The molecule has 39 heavy (non-hydrogen) atoms. The SMILES string of the molecule is CC(C=Cc1sc2ccccc2[n+]1CCCS(=O)(=O)[O-])=CC=C1Sc2ccccc2N1CCCS(=O)(=O)[O-].[K+]. The number of aromatic nitrogens is 1. The number of allylic oxidation sites excluding steroid dienone is 4. The Morgan fingerprint density at radius 3 is 2.38 bits per heavy atom. The van der Waals surface area contributed by atoms with Gasteiger partial charge in [0, 0.05) is 41.5 Å². The molecule has 0 amide bonds. The zero-order valence-corrected chi connectivity index (χ0v) is 28.0. The van der Waals surface area contributed by atoms with Crippen molar-refractivity contribution < 1.29 is 81.9 Å². The van der Waals surface area contributed by atoms with E-state index >= 15 is 0 Å². The van der Waals surface area contributed by atoms with Gasteiger partial charge in [0.2, 0.25) is 5.52 Å². The molecule has 1 aromatic heterocycles. The molecule has 0 fully saturated rings. The molecule has 0 saturated heterocycles. The van der Waals surface area contributed by atoms with E-state index in [-0.39, 0.29) is 64.2 Å². The molecule has 4 rings (SSSR count). The Hall–Kier alpha value is -0.844. The average molecular weight is 631 g/mol. The Bertz CT molecular complexity index is 1630. The minimum absolute atomic E-state index is 0. The van der Waals surface area contributed by atoms with Crippen LogP contribution < -0.4 is 60.9 Å². The van der Waals surface area contributed by atoms with Crippen molar-refractivity contribution in [1.82, 2.24) is 0 Å². The number of anilines is 1. The summed E-state index contributed by atoms with van der Waals surface area (Å²) in [6.45, 7) is 2.80. The quantitative estimate of drug-likeness (QED) is 0.135. The standard InChI is InChI=1S/C26H28N2O6S4.K/c1-20(12-14-25-27(16-6-18-37(29,30)31)21-8-2-4-10-23(21)35-25)13-15-26-28(17-7-19-38(32,33)34)22-9-3-5-11-24(22)36-26;/h2-5,8-15H,6-7,16-19H2,1H3,(H-,29,30,31,32,33,34);/q;+1/p-1. The molecule has 0 spiro atoms. The summed E-state index contributed by atoms with van der Waals surface area (Å²) in [5.41, 5.74) is 2.95. The van der Waals surface area contributed by atoms with Gasteiger partial charge in [-0.3, -0.25) is 0 Å². The fourth-order valence-corrected chi connectivity index (χ4v) is 7.22. The van der Waals surface area contributed by atoms with Crippen LogP contribution in [0.4, 0.5) is 5.69 Å². The Labute approximate surface area is 280 Å². The summed E-state index contributed by atoms with van der Waals surface area (Å²) in [5, 5.41) is 1.89. The molecular formula is C26H27KN2O6S4. The topological polar surface area (TPSA) is 122 Å². The van der Waals surface area contributed by atoms with Crippen molar-refractivity contribution in [3.05, 3.63) is 82.4 Å². The molecule has 1 aliphatic rings. The fourth-order valence-electron chi connectivity index (χ4n) is 4.08. The van der Waals surface area contributed by atoms with Gasteiger partial charge >= 0.3 is 51.4 Å². The molecule has 0 saturated carbocycles. The van der Waals surface area contributed by atoms with Crippen molar-refractivity contribution in [2.24, 2.45) is 0 Å². The Morgan fingerprint density at radius 1 is 0.974 bits per heavy atom. The van der Waals surface area contributed by atoms with E-state index in [0.29, 0.717) is 13.1 Å². The molecule has 202 valence electrons. The molecule has 2 aromatic carbocycles. The number of para-hydroxylation sites is 2. The van der Waals surface area contributed by atoms with Crippen LogP contribution in [0, 0.1) is 0 Å². The number of thiazole rings is 1. The first kappa shape index (κ1) is 32.7. The average Bonchev–Trinajstić information content (AvgIpc) is 3.38. The molecule has 2 heterocycles. The predicted octanol–water partition coefficient (Wildman–Crippen LogP) is 1.48. The van der Waals surface area contributed by atoms with Crippen LogP contribution in [0.5, 0.6) is 0 Å². The van der Waals surface area contributed by atoms with Crippen molar-refractivity contribution in [1.29, 1.82) is 0 Å². The summed E-state index contributed by atoms with van der Waals surface area (Å²) in [4.78, 5) is 3.10. The summed E-state index contributed by atoms with van der Waals surface area (Å²) in [6.07, 6.45) is 8.39. The molecule has 0 bridgehead atoms. The second-order valence-electron chi connectivity index (χ2n) is 8.76. The third-order valence-corrected chi connectivity index (χ3v) is 9.64. The molecule has 13 heteroatoms. The molecule has 8 nitrogen and oxygen atoms in total. The second-order valence-corrected chi connectivity index (χ2v) is 13.9. The van der Waals surface area contributed by atoms with Gasteiger partial charge in [0.1, 0.15) is 4.70 Å². The first-order valence-corrected chi connectivity index (χ1v) is 16.7. The maximum Gasteiger partial charge on any atom is 1.00 e. The van der Waals surface area contributed by atoms with Gasteiger partial charge in [0.05, 0.1) is 31.0 Å². The van der Waals surface area contributed by atoms with Crippen LogP contribution in [-0.2, 0) is 26.8 Å². The van der Waals surface area contributed by atoms with E-state index in [4.69, 9.17) is 0 Å². The van der Waals surface area contributed by atoms with Crippen LogP contribution in [0.15, 0.2) is 82.3 Å². The fraction of sp³-hybridized carbons (Fsp3) is 0.269. The third-order valence-electron chi connectivity index (χ3n) is 5.80. The van der Waals surface area contributed by atoms with E-state index in [2.05, 4.69) is 0 Å². The minimum Gasteiger partial charge on any atom is -0.748 e. The maximum atomic E-state index is 11.1. The normalized spacial score (nSPS) is 15.3. The molecule has 0 radical (unpaired) electrons. The number of rotatable bonds is 11. The van der Waals surface area contributed by atoms with Gasteiger partial charge in [-0.2, -0.15) is 4.57 Å². The number of hydrogen-bond acceptors (Lipinski definition) is 9. The molecule has 0 atom stereocenters. The molecule has 3 aromatic rings. The summed E-state index contributed by atoms with van der Waals surface area (Å²) >= 11 is 3.18. The van der Waals surface area contributed by atoms with Gasteiger partial charge in [0.25, 0.3) is 5.01 Å². The van der Waals surface area contributed by atoms with Crippen molar-refractivity contribution >= 4 is 65.3 Å². The molecule has 0 unspecified atom stereocenters. The van der Waals surface area contributed by atoms with Gasteiger partial charge in [0.15, 0.2) is 6.54 Å². The molecule has 0 aliphatic carbocycles. The maximum absolute atomic E-state index is 11.1. The monoisotopic (exact) mass is 630 g/mol. The van der Waals surface area contributed by atoms with Crippen molar-refractivity contribution in [3.8, 4) is 0 Å². The summed E-state index contributed by atoms with van der Waals surface area (Å²) < 4.78 is 69.5. The number of fused-ring (bicyclic) bond motifs is 2. The van der Waals surface area contributed by atoms with Crippen molar-refractivity contribution in [2.45, 2.75) is 31.2 Å². The predicted molar refractivity (Wildman–Crippen MR) is 151 cm³/mol. The van der Waals surface area contributed by atoms with Gasteiger partial charge in [-0.05, 0) is 37.6 Å². The van der Waals surface area contributed by atoms with Crippen molar-refractivity contribution in [2.75, 3.05) is 23.0 Å². The Kier molecular flexibility index (Phi) is 12.0. The van der Waals surface area contributed by atoms with E-state index in [9.17, 15) is 25.9 Å². The largest absolute Gasteiger partial charge is 1.00 e. The van der Waals surface area contributed by atoms with E-state index in [1.54, 1.807) is 23.1 Å². The van der Waals surface area contributed by atoms with Crippen molar-refractivity contribution in [3.63, 3.8) is 0 Å². The van der Waals surface area contributed by atoms with Gasteiger partial charge in [-0.25, -0.2) is 16.8 Å². The van der Waals surface area contributed by atoms with Crippen LogP contribution >= 0.6 is 23.1 Å². The zero-order chi connectivity index (χ0) is 27.3. The second kappa shape index (κ2) is 14.4. The molecule has 0 N–H and O–H groups in total. The van der Waals surface area contributed by atoms with E-state index in [1.165, 1.54) is 0 Å². The molecule has 1 aliphatic heterocycles. The first-order chi connectivity index (χ1) is 18.0. The van der Waals surface area contributed by atoms with Crippen LogP contribution in [0.3, 0.4) is 0 Å². The van der Waals surface area contributed by atoms with Crippen LogP contribution in [0.2, 0.25) is 0 Å². The van der Waals surface area contributed by atoms with Crippen LogP contribution in [-0.4, -0.2) is 44.0 Å². The molecular weight excluding hydrogens is 604 g/mol. The number of aryl methyl sites for hydroxylation is 1. The van der Waals surface area contributed by atoms with E-state index < -0.39 is 31.7 Å². The smallest absolute Gasteiger partial charge is 0.748 e.